The zero-order valence-corrected chi connectivity index (χ0v) is 16.1. The van der Waals surface area contributed by atoms with Gasteiger partial charge >= 0.3 is 0 Å². The second-order valence-corrected chi connectivity index (χ2v) is 7.16. The van der Waals surface area contributed by atoms with E-state index in [1.807, 2.05) is 35.2 Å². The standard InChI is InChI=1S/C21H19N7O2/c29-21(16-8-10-22-11-9-16)27-12-4-7-17(13-27)28-14-18(24-26-28)20-23-19(25-30-20)15-5-2-1-3-6-15/h1-3,5-6,8-11,14,17H,4,7,12-13H2/t17-/m1/s1. The lowest BCUT2D eigenvalue weighted by atomic mass is 10.0. The number of pyridine rings is 1. The van der Waals surface area contributed by atoms with Crippen molar-refractivity contribution < 1.29 is 9.32 Å². The maximum Gasteiger partial charge on any atom is 0.280 e. The molecule has 1 aromatic carbocycles. The van der Waals surface area contributed by atoms with Gasteiger partial charge in [0.15, 0.2) is 5.69 Å². The molecule has 0 spiro atoms. The molecule has 0 unspecified atom stereocenters. The molecule has 1 aliphatic heterocycles. The van der Waals surface area contributed by atoms with Crippen LogP contribution in [0.3, 0.4) is 0 Å². The van der Waals surface area contributed by atoms with Gasteiger partial charge in [-0.25, -0.2) is 4.68 Å². The molecular formula is C21H19N7O2. The highest BCUT2D eigenvalue weighted by Gasteiger charge is 2.27. The number of hydrogen-bond donors (Lipinski definition) is 0. The molecule has 9 heteroatoms. The summed E-state index contributed by atoms with van der Waals surface area (Å²) < 4.78 is 7.16. The van der Waals surface area contributed by atoms with Crippen molar-refractivity contribution in [1.82, 2.24) is 35.0 Å². The van der Waals surface area contributed by atoms with Crippen molar-refractivity contribution in [2.75, 3.05) is 13.1 Å². The first kappa shape index (κ1) is 18.2. The summed E-state index contributed by atoms with van der Waals surface area (Å²) in [6.45, 7) is 1.30. The highest BCUT2D eigenvalue weighted by molar-refractivity contribution is 5.94. The first-order valence-corrected chi connectivity index (χ1v) is 9.78. The molecule has 0 N–H and O–H groups in total. The van der Waals surface area contributed by atoms with Crippen molar-refractivity contribution >= 4 is 5.91 Å². The fourth-order valence-electron chi connectivity index (χ4n) is 3.62. The molecule has 150 valence electrons. The van der Waals surface area contributed by atoms with Gasteiger partial charge in [-0.3, -0.25) is 9.78 Å². The van der Waals surface area contributed by atoms with E-state index in [0.717, 1.165) is 24.9 Å². The summed E-state index contributed by atoms with van der Waals surface area (Å²) in [5.74, 6) is 0.833. The van der Waals surface area contributed by atoms with Crippen LogP contribution in [0.2, 0.25) is 0 Å². The molecule has 1 amide bonds. The molecule has 1 fully saturated rings. The van der Waals surface area contributed by atoms with E-state index < -0.39 is 0 Å². The smallest absolute Gasteiger partial charge is 0.280 e. The Hall–Kier alpha value is -3.88. The van der Waals surface area contributed by atoms with E-state index in [-0.39, 0.29) is 11.9 Å². The minimum absolute atomic E-state index is 0.00634. The van der Waals surface area contributed by atoms with Crippen LogP contribution in [0.1, 0.15) is 29.2 Å². The minimum Gasteiger partial charge on any atom is -0.336 e. The number of hydrogen-bond acceptors (Lipinski definition) is 7. The second kappa shape index (κ2) is 7.86. The minimum atomic E-state index is 0.00634. The van der Waals surface area contributed by atoms with E-state index in [1.54, 1.807) is 35.4 Å². The van der Waals surface area contributed by atoms with Gasteiger partial charge in [-0.15, -0.1) is 5.10 Å². The molecule has 1 aliphatic rings. The number of aromatic nitrogens is 6. The van der Waals surface area contributed by atoms with Crippen molar-refractivity contribution in [1.29, 1.82) is 0 Å². The Kier molecular flexibility index (Phi) is 4.76. The number of rotatable bonds is 4. The number of nitrogens with zero attached hydrogens (tertiary/aromatic N) is 7. The van der Waals surface area contributed by atoms with E-state index in [0.29, 0.717) is 29.5 Å². The van der Waals surface area contributed by atoms with E-state index in [4.69, 9.17) is 4.52 Å². The molecule has 1 atom stereocenters. The van der Waals surface area contributed by atoms with Gasteiger partial charge in [0.05, 0.1) is 12.2 Å². The normalized spacial score (nSPS) is 16.5. The van der Waals surface area contributed by atoms with Gasteiger partial charge in [0.25, 0.3) is 11.8 Å². The van der Waals surface area contributed by atoms with Crippen LogP contribution in [0, 0.1) is 0 Å². The van der Waals surface area contributed by atoms with Crippen molar-refractivity contribution in [2.45, 2.75) is 18.9 Å². The highest BCUT2D eigenvalue weighted by Crippen LogP contribution is 2.25. The van der Waals surface area contributed by atoms with Crippen LogP contribution in [0.4, 0.5) is 0 Å². The van der Waals surface area contributed by atoms with Crippen LogP contribution in [0.15, 0.2) is 65.6 Å². The summed E-state index contributed by atoms with van der Waals surface area (Å²) in [6, 6.07) is 13.1. The first-order valence-electron chi connectivity index (χ1n) is 9.78. The molecule has 3 aromatic heterocycles. The SMILES string of the molecule is O=C(c1ccncc1)N1CCC[C@@H](n2cc(-c3nc(-c4ccccc4)no3)nn2)C1. The Bertz CT molecular complexity index is 1140. The monoisotopic (exact) mass is 401 g/mol. The third-order valence-electron chi connectivity index (χ3n) is 5.17. The molecule has 0 bridgehead atoms. The lowest BCUT2D eigenvalue weighted by molar-refractivity contribution is 0.0671. The fraction of sp³-hybridized carbons (Fsp3) is 0.238. The van der Waals surface area contributed by atoms with E-state index >= 15 is 0 Å². The van der Waals surface area contributed by atoms with Crippen LogP contribution in [-0.2, 0) is 0 Å². The summed E-state index contributed by atoms with van der Waals surface area (Å²) in [7, 11) is 0. The Morgan fingerprint density at radius 2 is 1.93 bits per heavy atom. The van der Waals surface area contributed by atoms with E-state index in [9.17, 15) is 4.79 Å². The molecular weight excluding hydrogens is 382 g/mol. The molecule has 4 aromatic rings. The highest BCUT2D eigenvalue weighted by atomic mass is 16.5. The van der Waals surface area contributed by atoms with Crippen LogP contribution in [-0.4, -0.2) is 54.0 Å². The number of piperidine rings is 1. The number of benzene rings is 1. The maximum atomic E-state index is 12.8. The molecule has 5 rings (SSSR count). The molecule has 0 saturated carbocycles. The van der Waals surface area contributed by atoms with Crippen molar-refractivity contribution in [3.05, 3.63) is 66.6 Å². The lowest BCUT2D eigenvalue weighted by Crippen LogP contribution is -2.40. The molecule has 1 saturated heterocycles. The Morgan fingerprint density at radius 3 is 2.77 bits per heavy atom. The third-order valence-corrected chi connectivity index (χ3v) is 5.17. The zero-order chi connectivity index (χ0) is 20.3. The Balaban J connectivity index is 1.32. The van der Waals surface area contributed by atoms with Crippen LogP contribution >= 0.6 is 0 Å². The number of carbonyl (C=O) groups is 1. The van der Waals surface area contributed by atoms with Gasteiger partial charge in [0.1, 0.15) is 0 Å². The summed E-state index contributed by atoms with van der Waals surface area (Å²) in [5.41, 5.74) is 2.03. The molecule has 9 nitrogen and oxygen atoms in total. The van der Waals surface area contributed by atoms with Crippen molar-refractivity contribution in [2.24, 2.45) is 0 Å². The second-order valence-electron chi connectivity index (χ2n) is 7.16. The largest absolute Gasteiger partial charge is 0.336 e. The fourth-order valence-corrected chi connectivity index (χ4v) is 3.62. The number of carbonyl (C=O) groups excluding carboxylic acids is 1. The van der Waals surface area contributed by atoms with Crippen molar-refractivity contribution in [3.8, 4) is 23.0 Å². The zero-order valence-electron chi connectivity index (χ0n) is 16.1. The average Bonchev–Trinajstić information content (AvgIpc) is 3.50. The molecule has 4 heterocycles. The van der Waals surface area contributed by atoms with E-state index in [2.05, 4.69) is 25.4 Å². The van der Waals surface area contributed by atoms with Gasteiger partial charge in [0, 0.05) is 36.6 Å². The van der Waals surface area contributed by atoms with Crippen molar-refractivity contribution in [3.63, 3.8) is 0 Å². The predicted molar refractivity (Wildman–Crippen MR) is 107 cm³/mol. The number of likely N-dealkylation sites (tertiary alicyclic amines) is 1. The van der Waals surface area contributed by atoms with E-state index in [1.165, 1.54) is 0 Å². The predicted octanol–water partition coefficient (Wildman–Crippen LogP) is 2.87. The summed E-state index contributed by atoms with van der Waals surface area (Å²) >= 11 is 0. The lowest BCUT2D eigenvalue weighted by Gasteiger charge is -2.32. The summed E-state index contributed by atoms with van der Waals surface area (Å²) in [6.07, 6.45) is 6.88. The van der Waals surface area contributed by atoms with Crippen LogP contribution < -0.4 is 0 Å². The van der Waals surface area contributed by atoms with Gasteiger partial charge in [-0.1, -0.05) is 40.7 Å². The average molecular weight is 401 g/mol. The summed E-state index contributed by atoms with van der Waals surface area (Å²) in [4.78, 5) is 23.0. The molecule has 0 aliphatic carbocycles. The summed E-state index contributed by atoms with van der Waals surface area (Å²) in [5, 5.41) is 12.5. The van der Waals surface area contributed by atoms with Gasteiger partial charge in [-0.05, 0) is 25.0 Å². The van der Waals surface area contributed by atoms with Gasteiger partial charge in [0.2, 0.25) is 5.82 Å². The van der Waals surface area contributed by atoms with Crippen LogP contribution in [0.25, 0.3) is 23.0 Å². The third kappa shape index (κ3) is 3.57. The maximum absolute atomic E-state index is 12.8. The Morgan fingerprint density at radius 1 is 1.10 bits per heavy atom. The number of amides is 1. The van der Waals surface area contributed by atoms with Gasteiger partial charge in [-0.2, -0.15) is 4.98 Å². The first-order chi connectivity index (χ1) is 14.8. The van der Waals surface area contributed by atoms with Crippen LogP contribution in [0.5, 0.6) is 0 Å². The van der Waals surface area contributed by atoms with Gasteiger partial charge < -0.3 is 9.42 Å². The molecule has 30 heavy (non-hydrogen) atoms. The molecule has 0 radical (unpaired) electrons. The topological polar surface area (TPSA) is 103 Å². The Labute approximate surface area is 172 Å². The quantitative estimate of drug-likeness (QED) is 0.518.